The fourth-order valence-electron chi connectivity index (χ4n) is 1.35. The number of nitrogens with zero attached hydrogens (tertiary/aromatic N) is 1. The predicted octanol–water partition coefficient (Wildman–Crippen LogP) is 1.62. The second-order valence-corrected chi connectivity index (χ2v) is 4.15. The minimum Gasteiger partial charge on any atom is -0.503 e. The van der Waals surface area contributed by atoms with Crippen LogP contribution >= 0.6 is 0 Å². The van der Waals surface area contributed by atoms with Gasteiger partial charge >= 0.3 is 0 Å². The number of hydrogen-bond acceptors (Lipinski definition) is 2. The second-order valence-electron chi connectivity index (χ2n) is 4.15. The summed E-state index contributed by atoms with van der Waals surface area (Å²) >= 11 is 0. The van der Waals surface area contributed by atoms with Gasteiger partial charge in [0.1, 0.15) is 0 Å². The van der Waals surface area contributed by atoms with Crippen molar-refractivity contribution in [3.8, 4) is 5.75 Å². The largest absolute Gasteiger partial charge is 0.503 e. The maximum atomic E-state index is 11.1. The summed E-state index contributed by atoms with van der Waals surface area (Å²) in [5.41, 5.74) is 0.174. The van der Waals surface area contributed by atoms with Crippen LogP contribution < -0.4 is 5.43 Å². The molecule has 0 atom stereocenters. The van der Waals surface area contributed by atoms with Crippen LogP contribution in [0.25, 0.3) is 0 Å². The minimum absolute atomic E-state index is 0.116. The molecule has 1 heterocycles. The van der Waals surface area contributed by atoms with Crippen molar-refractivity contribution in [1.29, 1.82) is 0 Å². The van der Waals surface area contributed by atoms with E-state index in [1.54, 1.807) is 13.1 Å². The highest BCUT2D eigenvalue weighted by Gasteiger charge is 2.16. The molecule has 3 nitrogen and oxygen atoms in total. The van der Waals surface area contributed by atoms with Gasteiger partial charge in [-0.15, -0.1) is 0 Å². The number of hydrogen-bond donors (Lipinski definition) is 1. The normalized spacial score (nSPS) is 11.7. The number of pyridine rings is 1. The zero-order chi connectivity index (χ0) is 10.2. The summed E-state index contributed by atoms with van der Waals surface area (Å²) < 4.78 is 1.88. The van der Waals surface area contributed by atoms with Crippen molar-refractivity contribution in [2.45, 2.75) is 33.2 Å². The van der Waals surface area contributed by atoms with E-state index in [0.29, 0.717) is 5.69 Å². The first-order chi connectivity index (χ1) is 5.84. The lowest BCUT2D eigenvalue weighted by atomic mass is 10.1. The van der Waals surface area contributed by atoms with Crippen molar-refractivity contribution in [2.24, 2.45) is 0 Å². The second kappa shape index (κ2) is 2.91. The van der Waals surface area contributed by atoms with Gasteiger partial charge in [0.2, 0.25) is 5.43 Å². The van der Waals surface area contributed by atoms with Gasteiger partial charge in [0.25, 0.3) is 0 Å². The SMILES string of the molecule is Cc1c(O)c(=O)ccn1C(C)(C)C. The van der Waals surface area contributed by atoms with Crippen LogP contribution in [0.4, 0.5) is 0 Å². The molecule has 1 N–H and O–H groups in total. The Balaban J connectivity index is 3.44. The van der Waals surface area contributed by atoms with Gasteiger partial charge in [0.05, 0.1) is 5.69 Å². The van der Waals surface area contributed by atoms with Gasteiger partial charge in [-0.05, 0) is 27.7 Å². The molecule has 0 radical (unpaired) electrons. The first-order valence-corrected chi connectivity index (χ1v) is 4.26. The predicted molar refractivity (Wildman–Crippen MR) is 52.1 cm³/mol. The van der Waals surface area contributed by atoms with E-state index in [0.717, 1.165) is 0 Å². The first kappa shape index (κ1) is 9.84. The average Bonchev–Trinajstić information content (AvgIpc) is 1.98. The molecule has 0 unspecified atom stereocenters. The standard InChI is InChI=1S/C10H15NO2/c1-7-9(13)8(12)5-6-11(7)10(2,3)4/h5-6,13H,1-4H3. The Morgan fingerprint density at radius 3 is 2.38 bits per heavy atom. The highest BCUT2D eigenvalue weighted by atomic mass is 16.3. The third kappa shape index (κ3) is 1.74. The van der Waals surface area contributed by atoms with Crippen LogP contribution in [0.1, 0.15) is 26.5 Å². The van der Waals surface area contributed by atoms with Crippen LogP contribution in [0, 0.1) is 6.92 Å². The van der Waals surface area contributed by atoms with E-state index in [9.17, 15) is 9.90 Å². The minimum atomic E-state index is -0.321. The molecule has 3 heteroatoms. The van der Waals surface area contributed by atoms with Crippen molar-refractivity contribution < 1.29 is 5.11 Å². The molecule has 0 amide bonds. The molecule has 0 saturated carbocycles. The highest BCUT2D eigenvalue weighted by molar-refractivity contribution is 5.26. The van der Waals surface area contributed by atoms with Gasteiger partial charge in [-0.2, -0.15) is 0 Å². The molecule has 0 saturated heterocycles. The molecule has 0 bridgehead atoms. The topological polar surface area (TPSA) is 42.2 Å². The zero-order valence-electron chi connectivity index (χ0n) is 8.46. The molecular formula is C10H15NO2. The number of aromatic hydroxyl groups is 1. The molecule has 0 aliphatic rings. The Hall–Kier alpha value is -1.25. The average molecular weight is 181 g/mol. The third-order valence-electron chi connectivity index (χ3n) is 2.04. The fourth-order valence-corrected chi connectivity index (χ4v) is 1.35. The molecular weight excluding hydrogens is 166 g/mol. The lowest BCUT2D eigenvalue weighted by Gasteiger charge is -2.26. The van der Waals surface area contributed by atoms with Crippen LogP contribution in [-0.4, -0.2) is 9.67 Å². The fraction of sp³-hybridized carbons (Fsp3) is 0.500. The van der Waals surface area contributed by atoms with Crippen molar-refractivity contribution in [2.75, 3.05) is 0 Å². The third-order valence-corrected chi connectivity index (χ3v) is 2.04. The molecule has 0 spiro atoms. The van der Waals surface area contributed by atoms with Gasteiger partial charge in [0, 0.05) is 17.8 Å². The summed E-state index contributed by atoms with van der Waals surface area (Å²) in [6.07, 6.45) is 1.71. The maximum absolute atomic E-state index is 11.1. The Kier molecular flexibility index (Phi) is 2.20. The quantitative estimate of drug-likeness (QED) is 0.660. The van der Waals surface area contributed by atoms with E-state index in [4.69, 9.17) is 0 Å². The van der Waals surface area contributed by atoms with Crippen LogP contribution in [0.3, 0.4) is 0 Å². The Morgan fingerprint density at radius 2 is 1.92 bits per heavy atom. The molecule has 13 heavy (non-hydrogen) atoms. The molecule has 1 rings (SSSR count). The summed E-state index contributed by atoms with van der Waals surface area (Å²) in [4.78, 5) is 11.1. The first-order valence-electron chi connectivity index (χ1n) is 4.26. The molecule has 0 aromatic carbocycles. The monoisotopic (exact) mass is 181 g/mol. The van der Waals surface area contributed by atoms with E-state index in [1.807, 2.05) is 25.3 Å². The molecule has 72 valence electrons. The van der Waals surface area contributed by atoms with Crippen LogP contribution in [-0.2, 0) is 5.54 Å². The van der Waals surface area contributed by atoms with E-state index in [1.165, 1.54) is 6.07 Å². The molecule has 1 aromatic heterocycles. The molecule has 0 fully saturated rings. The van der Waals surface area contributed by atoms with Gasteiger partial charge in [-0.3, -0.25) is 4.79 Å². The lowest BCUT2D eigenvalue weighted by molar-refractivity contribution is 0.368. The van der Waals surface area contributed by atoms with Crippen LogP contribution in [0.5, 0.6) is 5.75 Å². The van der Waals surface area contributed by atoms with E-state index < -0.39 is 0 Å². The summed E-state index contributed by atoms with van der Waals surface area (Å²) in [5.74, 6) is -0.155. The van der Waals surface area contributed by atoms with E-state index in [2.05, 4.69) is 0 Å². The van der Waals surface area contributed by atoms with Crippen molar-refractivity contribution in [1.82, 2.24) is 4.57 Å². The molecule has 0 aliphatic carbocycles. The van der Waals surface area contributed by atoms with E-state index in [-0.39, 0.29) is 16.7 Å². The Morgan fingerprint density at radius 1 is 1.38 bits per heavy atom. The zero-order valence-corrected chi connectivity index (χ0v) is 8.46. The van der Waals surface area contributed by atoms with Crippen molar-refractivity contribution >= 4 is 0 Å². The summed E-state index contributed by atoms with van der Waals surface area (Å²) in [6.45, 7) is 7.79. The van der Waals surface area contributed by atoms with Crippen LogP contribution in [0.15, 0.2) is 17.1 Å². The maximum Gasteiger partial charge on any atom is 0.223 e. The van der Waals surface area contributed by atoms with Crippen LogP contribution in [0.2, 0.25) is 0 Å². The highest BCUT2D eigenvalue weighted by Crippen LogP contribution is 2.19. The smallest absolute Gasteiger partial charge is 0.223 e. The van der Waals surface area contributed by atoms with Crippen molar-refractivity contribution in [3.63, 3.8) is 0 Å². The van der Waals surface area contributed by atoms with Gasteiger partial charge in [-0.25, -0.2) is 0 Å². The molecule has 0 aliphatic heterocycles. The Labute approximate surface area is 77.6 Å². The van der Waals surface area contributed by atoms with Gasteiger partial charge < -0.3 is 9.67 Å². The Bertz CT molecular complexity index is 371. The number of aromatic nitrogens is 1. The van der Waals surface area contributed by atoms with Gasteiger partial charge in [-0.1, -0.05) is 0 Å². The lowest BCUT2D eigenvalue weighted by Crippen LogP contribution is -2.25. The van der Waals surface area contributed by atoms with E-state index >= 15 is 0 Å². The summed E-state index contributed by atoms with van der Waals surface area (Å²) in [7, 11) is 0. The summed E-state index contributed by atoms with van der Waals surface area (Å²) in [5, 5.41) is 9.42. The summed E-state index contributed by atoms with van der Waals surface area (Å²) in [6, 6.07) is 1.38. The van der Waals surface area contributed by atoms with Gasteiger partial charge in [0.15, 0.2) is 5.75 Å². The number of rotatable bonds is 0. The van der Waals surface area contributed by atoms with Crippen molar-refractivity contribution in [3.05, 3.63) is 28.2 Å². The molecule has 1 aromatic rings.